The maximum absolute atomic E-state index is 13.1. The van der Waals surface area contributed by atoms with Crippen molar-refractivity contribution < 1.29 is 33.4 Å². The van der Waals surface area contributed by atoms with Gasteiger partial charge in [-0.05, 0) is 61.3 Å². The Morgan fingerprint density at radius 2 is 1.52 bits per heavy atom. The van der Waals surface area contributed by atoms with Crippen molar-refractivity contribution in [3.63, 3.8) is 0 Å². The van der Waals surface area contributed by atoms with E-state index in [-0.39, 0.29) is 18.9 Å². The van der Waals surface area contributed by atoms with Crippen molar-refractivity contribution in [2.75, 3.05) is 12.5 Å². The van der Waals surface area contributed by atoms with Crippen molar-refractivity contribution in [3.05, 3.63) is 0 Å². The molecule has 0 bridgehead atoms. The Bertz CT molecular complexity index is 665. The van der Waals surface area contributed by atoms with E-state index in [2.05, 4.69) is 5.32 Å². The second-order valence-electron chi connectivity index (χ2n) is 9.14. The van der Waals surface area contributed by atoms with Gasteiger partial charge in [-0.15, -0.1) is 11.6 Å². The van der Waals surface area contributed by atoms with Gasteiger partial charge in [0.15, 0.2) is 0 Å². The lowest BCUT2D eigenvalue weighted by Crippen LogP contribution is -2.58. The highest BCUT2D eigenvalue weighted by molar-refractivity contribution is 6.18. The third-order valence-electron chi connectivity index (χ3n) is 4.23. The van der Waals surface area contributed by atoms with E-state index in [0.717, 1.165) is 0 Å². The number of halogens is 1. The number of amides is 1. The van der Waals surface area contributed by atoms with E-state index in [0.29, 0.717) is 6.42 Å². The molecule has 1 heterocycles. The highest BCUT2D eigenvalue weighted by Crippen LogP contribution is 2.44. The zero-order chi connectivity index (χ0) is 22.7. The summed E-state index contributed by atoms with van der Waals surface area (Å²) < 4.78 is 15.9. The Morgan fingerprint density at radius 1 is 1.00 bits per heavy atom. The zero-order valence-electron chi connectivity index (χ0n) is 18.3. The van der Waals surface area contributed by atoms with Gasteiger partial charge in [0.05, 0.1) is 6.61 Å². The van der Waals surface area contributed by atoms with Crippen molar-refractivity contribution in [3.8, 4) is 0 Å². The van der Waals surface area contributed by atoms with Gasteiger partial charge in [0.1, 0.15) is 16.6 Å². The summed E-state index contributed by atoms with van der Waals surface area (Å²) >= 11 is 5.79. The van der Waals surface area contributed by atoms with Crippen LogP contribution in [0.2, 0.25) is 0 Å². The lowest BCUT2D eigenvalue weighted by molar-refractivity contribution is -0.174. The molecule has 8 nitrogen and oxygen atoms in total. The summed E-state index contributed by atoms with van der Waals surface area (Å²) in [4.78, 5) is 51.9. The van der Waals surface area contributed by atoms with Gasteiger partial charge in [0.2, 0.25) is 11.4 Å². The fourth-order valence-electron chi connectivity index (χ4n) is 3.05. The molecule has 0 aromatic rings. The lowest BCUT2D eigenvalue weighted by atomic mass is 9.76. The number of rotatable bonds is 7. The van der Waals surface area contributed by atoms with E-state index in [9.17, 15) is 19.2 Å². The molecule has 9 heteroatoms. The molecule has 1 rings (SSSR count). The summed E-state index contributed by atoms with van der Waals surface area (Å²) in [6.45, 7) is 11.5. The number of esters is 3. The molecule has 0 aromatic heterocycles. The van der Waals surface area contributed by atoms with Crippen LogP contribution in [0.1, 0.15) is 67.7 Å². The second-order valence-corrected chi connectivity index (χ2v) is 9.51. The summed E-state index contributed by atoms with van der Waals surface area (Å²) in [5, 5.41) is 2.41. The average Bonchev–Trinajstić information content (AvgIpc) is 2.85. The molecule has 1 saturated heterocycles. The van der Waals surface area contributed by atoms with Crippen LogP contribution in [0.25, 0.3) is 0 Å². The zero-order valence-corrected chi connectivity index (χ0v) is 19.0. The molecule has 0 saturated carbocycles. The number of hydrogen-bond donors (Lipinski definition) is 1. The standard InChI is InChI=1S/C20H32ClNO7/c1-8-27-15(25)20(16(26)29-18(5,6)7)12-19(10-9-11-21,13(23)22-20)14(24)28-17(2,3)4/h8-12H2,1-7H3,(H,22,23). The molecular weight excluding hydrogens is 402 g/mol. The largest absolute Gasteiger partial charge is 0.464 e. The highest BCUT2D eigenvalue weighted by atomic mass is 35.5. The molecule has 1 N–H and O–H groups in total. The highest BCUT2D eigenvalue weighted by Gasteiger charge is 2.67. The topological polar surface area (TPSA) is 108 Å². The minimum Gasteiger partial charge on any atom is -0.464 e. The first kappa shape index (κ1) is 25.2. The van der Waals surface area contributed by atoms with Gasteiger partial charge < -0.3 is 19.5 Å². The maximum Gasteiger partial charge on any atom is 0.344 e. The molecule has 0 spiro atoms. The summed E-state index contributed by atoms with van der Waals surface area (Å²) in [6, 6.07) is 0. The molecule has 1 amide bonds. The van der Waals surface area contributed by atoms with Gasteiger partial charge in [0.25, 0.3) is 0 Å². The molecular formula is C20H32ClNO7. The monoisotopic (exact) mass is 433 g/mol. The van der Waals surface area contributed by atoms with Crippen LogP contribution in [0.15, 0.2) is 0 Å². The van der Waals surface area contributed by atoms with Crippen LogP contribution in [0.4, 0.5) is 0 Å². The maximum atomic E-state index is 13.1. The molecule has 166 valence electrons. The minimum absolute atomic E-state index is 0.0135. The summed E-state index contributed by atoms with van der Waals surface area (Å²) in [6.07, 6.45) is -0.138. The lowest BCUT2D eigenvalue weighted by Gasteiger charge is -2.31. The van der Waals surface area contributed by atoms with E-state index in [1.54, 1.807) is 48.5 Å². The Hall–Kier alpha value is -1.83. The Morgan fingerprint density at radius 3 is 1.97 bits per heavy atom. The number of hydrogen-bond acceptors (Lipinski definition) is 7. The third kappa shape index (κ3) is 5.84. The summed E-state index contributed by atoms with van der Waals surface area (Å²) in [5.41, 5.74) is -5.68. The van der Waals surface area contributed by atoms with Crippen molar-refractivity contribution in [1.29, 1.82) is 0 Å². The Kier molecular flexibility index (Phi) is 7.73. The first-order valence-electron chi connectivity index (χ1n) is 9.66. The van der Waals surface area contributed by atoms with Crippen LogP contribution in [0.5, 0.6) is 0 Å². The second kappa shape index (κ2) is 8.90. The van der Waals surface area contributed by atoms with Gasteiger partial charge in [-0.25, -0.2) is 9.59 Å². The van der Waals surface area contributed by atoms with E-state index in [1.165, 1.54) is 0 Å². The fraction of sp³-hybridized carbons (Fsp3) is 0.800. The van der Waals surface area contributed by atoms with E-state index in [1.807, 2.05) is 0 Å². The average molecular weight is 434 g/mol. The number of nitrogens with one attached hydrogen (secondary N) is 1. The Labute approximate surface area is 177 Å². The molecule has 1 aliphatic rings. The van der Waals surface area contributed by atoms with Gasteiger partial charge in [-0.2, -0.15) is 0 Å². The minimum atomic E-state index is -2.14. The van der Waals surface area contributed by atoms with Gasteiger partial charge in [-0.3, -0.25) is 9.59 Å². The van der Waals surface area contributed by atoms with Crippen molar-refractivity contribution in [2.45, 2.75) is 84.5 Å². The molecule has 0 aliphatic carbocycles. The molecule has 29 heavy (non-hydrogen) atoms. The van der Waals surface area contributed by atoms with Crippen LogP contribution in [0, 0.1) is 5.41 Å². The van der Waals surface area contributed by atoms with Gasteiger partial charge >= 0.3 is 17.9 Å². The molecule has 1 fully saturated rings. The molecule has 2 unspecified atom stereocenters. The first-order valence-corrected chi connectivity index (χ1v) is 10.2. The fourth-order valence-corrected chi connectivity index (χ4v) is 3.19. The smallest absolute Gasteiger partial charge is 0.344 e. The van der Waals surface area contributed by atoms with Crippen molar-refractivity contribution in [2.24, 2.45) is 5.41 Å². The number of carbonyl (C=O) groups excluding carboxylic acids is 4. The van der Waals surface area contributed by atoms with Crippen LogP contribution >= 0.6 is 11.6 Å². The van der Waals surface area contributed by atoms with Gasteiger partial charge in [-0.1, -0.05) is 0 Å². The van der Waals surface area contributed by atoms with E-state index < -0.39 is 52.4 Å². The number of alkyl halides is 1. The molecule has 0 aromatic carbocycles. The summed E-state index contributed by atoms with van der Waals surface area (Å²) in [7, 11) is 0. The van der Waals surface area contributed by atoms with E-state index >= 15 is 0 Å². The predicted molar refractivity (Wildman–Crippen MR) is 106 cm³/mol. The normalized spacial score (nSPS) is 24.6. The van der Waals surface area contributed by atoms with Crippen molar-refractivity contribution in [1.82, 2.24) is 5.32 Å². The van der Waals surface area contributed by atoms with Gasteiger partial charge in [0, 0.05) is 12.3 Å². The van der Waals surface area contributed by atoms with E-state index in [4.69, 9.17) is 25.8 Å². The SMILES string of the molecule is CCOC(=O)C1(C(=O)OC(C)(C)C)CC(CCCCl)(C(=O)OC(C)(C)C)C(=O)N1. The van der Waals surface area contributed by atoms with Crippen LogP contribution in [0.3, 0.4) is 0 Å². The first-order chi connectivity index (χ1) is 13.1. The van der Waals surface area contributed by atoms with Crippen LogP contribution in [-0.2, 0) is 33.4 Å². The molecule has 2 atom stereocenters. The third-order valence-corrected chi connectivity index (χ3v) is 4.49. The number of carbonyl (C=O) groups is 4. The van der Waals surface area contributed by atoms with Crippen LogP contribution in [-0.4, -0.2) is 53.0 Å². The number of ether oxygens (including phenoxy) is 3. The predicted octanol–water partition coefficient (Wildman–Crippen LogP) is 2.50. The van der Waals surface area contributed by atoms with Crippen LogP contribution < -0.4 is 5.32 Å². The Balaban J connectivity index is 3.47. The molecule has 0 radical (unpaired) electrons. The quantitative estimate of drug-likeness (QED) is 0.284. The van der Waals surface area contributed by atoms with Crippen molar-refractivity contribution >= 4 is 35.4 Å². The summed E-state index contributed by atoms with van der Waals surface area (Å²) in [5.74, 6) is -3.36. The molecule has 1 aliphatic heterocycles.